The molecule has 0 bridgehead atoms. The third-order valence-corrected chi connectivity index (χ3v) is 3.35. The van der Waals surface area contributed by atoms with Gasteiger partial charge in [0.25, 0.3) is 5.91 Å². The van der Waals surface area contributed by atoms with E-state index in [0.29, 0.717) is 15.3 Å². The smallest absolute Gasteiger partial charge is 0.274 e. The van der Waals surface area contributed by atoms with Gasteiger partial charge >= 0.3 is 0 Å². The van der Waals surface area contributed by atoms with Gasteiger partial charge in [0.2, 0.25) is 0 Å². The lowest BCUT2D eigenvalue weighted by atomic mass is 10.3. The lowest BCUT2D eigenvalue weighted by Gasteiger charge is -2.05. The third-order valence-electron chi connectivity index (χ3n) is 2.00. The van der Waals surface area contributed by atoms with Crippen LogP contribution in [0.15, 0.2) is 34.9 Å². The molecule has 2 aromatic rings. The molecule has 0 fully saturated rings. The molecule has 0 saturated carbocycles. The zero-order valence-corrected chi connectivity index (χ0v) is 11.9. The molecule has 18 heavy (non-hydrogen) atoms. The molecular weight excluding hydrogens is 341 g/mol. The van der Waals surface area contributed by atoms with Crippen LogP contribution in [-0.2, 0) is 0 Å². The summed E-state index contributed by atoms with van der Waals surface area (Å²) in [6.45, 7) is 0. The number of aromatic nitrogens is 2. The summed E-state index contributed by atoms with van der Waals surface area (Å²) in [6, 6.07) is 6.47. The van der Waals surface area contributed by atoms with E-state index < -0.39 is 0 Å². The number of carbonyl (C=O) groups is 1. The number of anilines is 1. The van der Waals surface area contributed by atoms with Crippen LogP contribution in [0, 0.1) is 0 Å². The van der Waals surface area contributed by atoms with Crippen LogP contribution >= 0.6 is 39.1 Å². The highest BCUT2D eigenvalue weighted by Crippen LogP contribution is 2.23. The van der Waals surface area contributed by atoms with Gasteiger partial charge in [0.15, 0.2) is 0 Å². The monoisotopic (exact) mass is 345 g/mol. The molecule has 2 aromatic heterocycles. The van der Waals surface area contributed by atoms with Crippen molar-refractivity contribution < 1.29 is 4.79 Å². The summed E-state index contributed by atoms with van der Waals surface area (Å²) >= 11 is 14.7. The first kappa shape index (κ1) is 13.3. The van der Waals surface area contributed by atoms with Crippen molar-refractivity contribution in [3.8, 4) is 0 Å². The Morgan fingerprint density at radius 3 is 2.78 bits per heavy atom. The lowest BCUT2D eigenvalue weighted by molar-refractivity contribution is 0.102. The highest BCUT2D eigenvalue weighted by atomic mass is 79.9. The van der Waals surface area contributed by atoms with Gasteiger partial charge in [-0.3, -0.25) is 4.79 Å². The Labute approximate surface area is 121 Å². The van der Waals surface area contributed by atoms with Crippen molar-refractivity contribution in [2.45, 2.75) is 0 Å². The molecule has 0 radical (unpaired) electrons. The zero-order chi connectivity index (χ0) is 13.1. The quantitative estimate of drug-likeness (QED) is 0.841. The molecule has 0 unspecified atom stereocenters. The molecule has 0 spiro atoms. The molecule has 0 aliphatic carbocycles. The van der Waals surface area contributed by atoms with E-state index in [-0.39, 0.29) is 16.8 Å². The van der Waals surface area contributed by atoms with Gasteiger partial charge in [-0.15, -0.1) is 0 Å². The minimum Gasteiger partial charge on any atom is -0.319 e. The lowest BCUT2D eigenvalue weighted by Crippen LogP contribution is -2.13. The minimum absolute atomic E-state index is 0.230. The van der Waals surface area contributed by atoms with Crippen molar-refractivity contribution in [2.24, 2.45) is 0 Å². The van der Waals surface area contributed by atoms with Gasteiger partial charge < -0.3 is 5.32 Å². The van der Waals surface area contributed by atoms with Crippen molar-refractivity contribution in [2.75, 3.05) is 5.32 Å². The van der Waals surface area contributed by atoms with Gasteiger partial charge in [0.05, 0.1) is 16.4 Å². The molecule has 1 N–H and O–H groups in total. The Bertz CT molecular complexity index is 607. The molecule has 0 aliphatic heterocycles. The first-order valence-electron chi connectivity index (χ1n) is 4.81. The largest absolute Gasteiger partial charge is 0.319 e. The average Bonchev–Trinajstić information content (AvgIpc) is 2.34. The molecule has 4 nitrogen and oxygen atoms in total. The molecule has 0 saturated heterocycles. The first-order chi connectivity index (χ1) is 8.56. The molecule has 0 aromatic carbocycles. The molecule has 0 atom stereocenters. The number of nitrogens with one attached hydrogen (secondary N) is 1. The highest BCUT2D eigenvalue weighted by Gasteiger charge is 2.09. The first-order valence-corrected chi connectivity index (χ1v) is 6.36. The summed E-state index contributed by atoms with van der Waals surface area (Å²) in [5.41, 5.74) is 0.742. The van der Waals surface area contributed by atoms with Crippen molar-refractivity contribution in [1.82, 2.24) is 9.97 Å². The third kappa shape index (κ3) is 3.19. The standard InChI is InChI=1S/C11H6BrCl2N3O/c12-7-4-6(5-15-10(7)14)16-11(18)8-2-1-3-9(13)17-8/h1-5H,(H,16,18). The Hall–Kier alpha value is -1.17. The summed E-state index contributed by atoms with van der Waals surface area (Å²) in [5.74, 6) is -0.367. The van der Waals surface area contributed by atoms with Crippen molar-refractivity contribution in [1.29, 1.82) is 0 Å². The van der Waals surface area contributed by atoms with E-state index in [2.05, 4.69) is 31.2 Å². The van der Waals surface area contributed by atoms with Gasteiger partial charge in [-0.05, 0) is 34.1 Å². The van der Waals surface area contributed by atoms with Crippen molar-refractivity contribution in [3.05, 3.63) is 50.9 Å². The minimum atomic E-state index is -0.367. The molecule has 2 rings (SSSR count). The van der Waals surface area contributed by atoms with Gasteiger partial charge in [-0.2, -0.15) is 0 Å². The van der Waals surface area contributed by atoms with E-state index in [1.165, 1.54) is 6.20 Å². The van der Waals surface area contributed by atoms with Crippen LogP contribution in [0.2, 0.25) is 10.3 Å². The Morgan fingerprint density at radius 2 is 2.11 bits per heavy atom. The Kier molecular flexibility index (Phi) is 4.16. The van der Waals surface area contributed by atoms with Crippen molar-refractivity contribution >= 4 is 50.7 Å². The van der Waals surface area contributed by atoms with Crippen LogP contribution < -0.4 is 5.32 Å². The summed E-state index contributed by atoms with van der Waals surface area (Å²) in [6.07, 6.45) is 1.45. The average molecular weight is 347 g/mol. The van der Waals surface area contributed by atoms with Crippen LogP contribution in [-0.4, -0.2) is 15.9 Å². The van der Waals surface area contributed by atoms with Crippen LogP contribution in [0.4, 0.5) is 5.69 Å². The second kappa shape index (κ2) is 5.65. The number of amides is 1. The summed E-state index contributed by atoms with van der Waals surface area (Å²) < 4.78 is 0.598. The molecular formula is C11H6BrCl2N3O. The number of pyridine rings is 2. The second-order valence-electron chi connectivity index (χ2n) is 3.30. The van der Waals surface area contributed by atoms with E-state index in [4.69, 9.17) is 23.2 Å². The van der Waals surface area contributed by atoms with E-state index >= 15 is 0 Å². The maximum Gasteiger partial charge on any atom is 0.274 e. The molecule has 7 heteroatoms. The zero-order valence-electron chi connectivity index (χ0n) is 8.82. The number of halogens is 3. The Balaban J connectivity index is 2.18. The van der Waals surface area contributed by atoms with Crippen LogP contribution in [0.5, 0.6) is 0 Å². The van der Waals surface area contributed by atoms with Gasteiger partial charge in [0.1, 0.15) is 16.0 Å². The molecule has 0 aliphatic rings. The summed E-state index contributed by atoms with van der Waals surface area (Å²) in [7, 11) is 0. The summed E-state index contributed by atoms with van der Waals surface area (Å²) in [5, 5.41) is 3.23. The Morgan fingerprint density at radius 1 is 1.33 bits per heavy atom. The number of nitrogens with zero attached hydrogens (tertiary/aromatic N) is 2. The van der Waals surface area contributed by atoms with Gasteiger partial charge in [-0.25, -0.2) is 9.97 Å². The van der Waals surface area contributed by atoms with Gasteiger partial charge in [-0.1, -0.05) is 29.3 Å². The number of rotatable bonds is 2. The van der Waals surface area contributed by atoms with E-state index in [0.717, 1.165) is 0 Å². The fourth-order valence-electron chi connectivity index (χ4n) is 1.22. The SMILES string of the molecule is O=C(Nc1cnc(Cl)c(Br)c1)c1cccc(Cl)n1. The highest BCUT2D eigenvalue weighted by molar-refractivity contribution is 9.10. The maximum absolute atomic E-state index is 11.9. The predicted molar refractivity (Wildman–Crippen MR) is 74.1 cm³/mol. The van der Waals surface area contributed by atoms with Crippen LogP contribution in [0.1, 0.15) is 10.5 Å². The van der Waals surface area contributed by atoms with E-state index in [1.54, 1.807) is 24.3 Å². The number of hydrogen-bond donors (Lipinski definition) is 1. The molecule has 92 valence electrons. The fraction of sp³-hybridized carbons (Fsp3) is 0. The van der Waals surface area contributed by atoms with Crippen LogP contribution in [0.25, 0.3) is 0 Å². The number of hydrogen-bond acceptors (Lipinski definition) is 3. The van der Waals surface area contributed by atoms with E-state index in [9.17, 15) is 4.79 Å². The predicted octanol–water partition coefficient (Wildman–Crippen LogP) is 3.80. The normalized spacial score (nSPS) is 10.2. The van der Waals surface area contributed by atoms with Crippen molar-refractivity contribution in [3.63, 3.8) is 0 Å². The fourth-order valence-corrected chi connectivity index (χ4v) is 1.84. The van der Waals surface area contributed by atoms with E-state index in [1.807, 2.05) is 0 Å². The molecule has 1 amide bonds. The number of carbonyl (C=O) groups excluding carboxylic acids is 1. The summed E-state index contributed by atoms with van der Waals surface area (Å²) in [4.78, 5) is 19.7. The van der Waals surface area contributed by atoms with Gasteiger partial charge in [0, 0.05) is 0 Å². The second-order valence-corrected chi connectivity index (χ2v) is 4.90. The molecule has 2 heterocycles. The van der Waals surface area contributed by atoms with Crippen LogP contribution in [0.3, 0.4) is 0 Å². The topological polar surface area (TPSA) is 54.9 Å². The maximum atomic E-state index is 11.9.